The molecule has 1 aliphatic rings. The van der Waals surface area contributed by atoms with Gasteiger partial charge >= 0.3 is 5.97 Å². The fourth-order valence-electron chi connectivity index (χ4n) is 1.96. The lowest BCUT2D eigenvalue weighted by molar-refractivity contribution is -0.141. The highest BCUT2D eigenvalue weighted by atomic mass is 79.9. The predicted molar refractivity (Wildman–Crippen MR) is 70.3 cm³/mol. The molecule has 1 fully saturated rings. The van der Waals surface area contributed by atoms with Crippen molar-refractivity contribution in [2.75, 3.05) is 6.54 Å². The number of likely N-dealkylation sites (tertiary alicyclic amines) is 1. The van der Waals surface area contributed by atoms with Gasteiger partial charge in [-0.2, -0.15) is 0 Å². The van der Waals surface area contributed by atoms with Crippen molar-refractivity contribution in [2.45, 2.75) is 13.0 Å². The standard InChI is InChI=1S/C12H11BrClNO3/c13-9-1-2-10(14)7(3-9)5-15-6-8(12(17)18)4-11(15)16/h1-3,8H,4-6H2,(H,17,18). The van der Waals surface area contributed by atoms with Gasteiger partial charge in [0.15, 0.2) is 0 Å². The van der Waals surface area contributed by atoms with Crippen molar-refractivity contribution in [1.29, 1.82) is 0 Å². The van der Waals surface area contributed by atoms with Crippen LogP contribution in [0.25, 0.3) is 0 Å². The molecule has 18 heavy (non-hydrogen) atoms. The number of benzene rings is 1. The zero-order valence-corrected chi connectivity index (χ0v) is 11.7. The summed E-state index contributed by atoms with van der Waals surface area (Å²) in [5, 5.41) is 9.48. The SMILES string of the molecule is O=C(O)C1CC(=O)N(Cc2cc(Br)ccc2Cl)C1. The van der Waals surface area contributed by atoms with Crippen LogP contribution in [-0.2, 0) is 16.1 Å². The van der Waals surface area contributed by atoms with Crippen molar-refractivity contribution in [1.82, 2.24) is 4.90 Å². The first-order valence-electron chi connectivity index (χ1n) is 5.42. The van der Waals surface area contributed by atoms with Crippen LogP contribution in [0, 0.1) is 5.92 Å². The van der Waals surface area contributed by atoms with Crippen molar-refractivity contribution in [2.24, 2.45) is 5.92 Å². The molecule has 2 rings (SSSR count). The van der Waals surface area contributed by atoms with E-state index in [2.05, 4.69) is 15.9 Å². The lowest BCUT2D eigenvalue weighted by Gasteiger charge is -2.17. The van der Waals surface area contributed by atoms with Crippen molar-refractivity contribution in [3.63, 3.8) is 0 Å². The highest BCUT2D eigenvalue weighted by Crippen LogP contribution is 2.26. The van der Waals surface area contributed by atoms with Gasteiger partial charge in [-0.3, -0.25) is 9.59 Å². The molecule has 6 heteroatoms. The van der Waals surface area contributed by atoms with Crippen LogP contribution in [0.1, 0.15) is 12.0 Å². The van der Waals surface area contributed by atoms with E-state index in [1.54, 1.807) is 6.07 Å². The molecule has 1 aliphatic heterocycles. The molecule has 0 aromatic heterocycles. The van der Waals surface area contributed by atoms with E-state index in [1.807, 2.05) is 12.1 Å². The number of halogens is 2. The van der Waals surface area contributed by atoms with Gasteiger partial charge in [-0.05, 0) is 23.8 Å². The molecule has 1 heterocycles. The number of carbonyl (C=O) groups is 2. The molecule has 0 aliphatic carbocycles. The van der Waals surface area contributed by atoms with E-state index in [4.69, 9.17) is 16.7 Å². The summed E-state index contributed by atoms with van der Waals surface area (Å²) in [6.07, 6.45) is 0.0704. The van der Waals surface area contributed by atoms with Gasteiger partial charge in [-0.1, -0.05) is 27.5 Å². The Morgan fingerprint density at radius 2 is 2.28 bits per heavy atom. The first-order valence-corrected chi connectivity index (χ1v) is 6.59. The summed E-state index contributed by atoms with van der Waals surface area (Å²) >= 11 is 9.39. The second kappa shape index (κ2) is 5.28. The first-order chi connectivity index (χ1) is 8.47. The van der Waals surface area contributed by atoms with E-state index >= 15 is 0 Å². The highest BCUT2D eigenvalue weighted by molar-refractivity contribution is 9.10. The topological polar surface area (TPSA) is 57.6 Å². The third-order valence-electron chi connectivity index (χ3n) is 2.93. The maximum absolute atomic E-state index is 11.7. The zero-order valence-electron chi connectivity index (χ0n) is 9.40. The predicted octanol–water partition coefficient (Wildman–Crippen LogP) is 2.54. The molecule has 0 spiro atoms. The number of aliphatic carboxylic acids is 1. The summed E-state index contributed by atoms with van der Waals surface area (Å²) in [4.78, 5) is 24.1. The van der Waals surface area contributed by atoms with E-state index in [-0.39, 0.29) is 18.9 Å². The lowest BCUT2D eigenvalue weighted by atomic mass is 10.1. The highest BCUT2D eigenvalue weighted by Gasteiger charge is 2.34. The minimum Gasteiger partial charge on any atom is -0.481 e. The maximum atomic E-state index is 11.7. The Balaban J connectivity index is 2.12. The van der Waals surface area contributed by atoms with Crippen LogP contribution < -0.4 is 0 Å². The molecule has 1 aromatic carbocycles. The molecule has 0 bridgehead atoms. The van der Waals surface area contributed by atoms with Gasteiger partial charge in [-0.25, -0.2) is 0 Å². The van der Waals surface area contributed by atoms with Gasteiger partial charge in [0.25, 0.3) is 0 Å². The Morgan fingerprint density at radius 1 is 1.56 bits per heavy atom. The molecular weight excluding hydrogens is 321 g/mol. The van der Waals surface area contributed by atoms with Crippen molar-refractivity contribution >= 4 is 39.4 Å². The molecule has 1 atom stereocenters. The number of nitrogens with zero attached hydrogens (tertiary/aromatic N) is 1. The largest absolute Gasteiger partial charge is 0.481 e. The quantitative estimate of drug-likeness (QED) is 0.925. The number of rotatable bonds is 3. The van der Waals surface area contributed by atoms with Gasteiger partial charge in [0.1, 0.15) is 0 Å². The Labute approximate surface area is 118 Å². The number of carboxylic acid groups (broad SMARTS) is 1. The molecule has 0 radical (unpaired) electrons. The van der Waals surface area contributed by atoms with Gasteiger partial charge in [0.2, 0.25) is 5.91 Å². The van der Waals surface area contributed by atoms with Crippen LogP contribution in [0.4, 0.5) is 0 Å². The third kappa shape index (κ3) is 2.84. The minimum absolute atomic E-state index is 0.0704. The monoisotopic (exact) mass is 331 g/mol. The van der Waals surface area contributed by atoms with Crippen LogP contribution in [-0.4, -0.2) is 28.4 Å². The summed E-state index contributed by atoms with van der Waals surface area (Å²) in [5.74, 6) is -1.67. The van der Waals surface area contributed by atoms with E-state index in [9.17, 15) is 9.59 Å². The fraction of sp³-hybridized carbons (Fsp3) is 0.333. The number of carbonyl (C=O) groups excluding carboxylic acids is 1. The van der Waals surface area contributed by atoms with Gasteiger partial charge < -0.3 is 10.0 Å². The van der Waals surface area contributed by atoms with Gasteiger partial charge in [0, 0.05) is 29.0 Å². The summed E-state index contributed by atoms with van der Waals surface area (Å²) in [6.45, 7) is 0.595. The van der Waals surface area contributed by atoms with Crippen LogP contribution in [0.5, 0.6) is 0 Å². The van der Waals surface area contributed by atoms with Crippen LogP contribution in [0.2, 0.25) is 5.02 Å². The van der Waals surface area contributed by atoms with E-state index in [0.717, 1.165) is 10.0 Å². The van der Waals surface area contributed by atoms with E-state index in [0.29, 0.717) is 11.6 Å². The Bertz CT molecular complexity index is 506. The smallest absolute Gasteiger partial charge is 0.308 e. The number of carboxylic acids is 1. The molecule has 0 saturated carbocycles. The summed E-state index contributed by atoms with van der Waals surface area (Å²) < 4.78 is 0.878. The average Bonchev–Trinajstić information content (AvgIpc) is 2.66. The molecule has 1 amide bonds. The van der Waals surface area contributed by atoms with Crippen LogP contribution in [0.3, 0.4) is 0 Å². The molecule has 1 aromatic rings. The Kier molecular flexibility index (Phi) is 3.92. The van der Waals surface area contributed by atoms with E-state index in [1.165, 1.54) is 4.90 Å². The number of hydrogen-bond acceptors (Lipinski definition) is 2. The third-order valence-corrected chi connectivity index (χ3v) is 3.79. The van der Waals surface area contributed by atoms with Crippen LogP contribution in [0.15, 0.2) is 22.7 Å². The summed E-state index contributed by atoms with van der Waals surface area (Å²) in [6, 6.07) is 5.40. The molecular formula is C12H11BrClNO3. The lowest BCUT2D eigenvalue weighted by Crippen LogP contribution is -2.25. The zero-order chi connectivity index (χ0) is 13.3. The molecule has 1 unspecified atom stereocenters. The van der Waals surface area contributed by atoms with Gasteiger partial charge in [-0.15, -0.1) is 0 Å². The summed E-state index contributed by atoms with van der Waals surface area (Å²) in [7, 11) is 0. The number of amides is 1. The van der Waals surface area contributed by atoms with Crippen molar-refractivity contribution in [3.05, 3.63) is 33.3 Å². The molecule has 1 N–H and O–H groups in total. The fourth-order valence-corrected chi connectivity index (χ4v) is 2.55. The normalized spacial score (nSPS) is 19.3. The molecule has 1 saturated heterocycles. The second-order valence-electron chi connectivity index (χ2n) is 4.25. The number of hydrogen-bond donors (Lipinski definition) is 1. The molecule has 96 valence electrons. The van der Waals surface area contributed by atoms with Gasteiger partial charge in [0.05, 0.1) is 5.92 Å². The van der Waals surface area contributed by atoms with E-state index < -0.39 is 11.9 Å². The Morgan fingerprint density at radius 3 is 2.89 bits per heavy atom. The Hall–Kier alpha value is -1.07. The maximum Gasteiger partial charge on any atom is 0.308 e. The van der Waals surface area contributed by atoms with Crippen molar-refractivity contribution in [3.8, 4) is 0 Å². The minimum atomic E-state index is -0.925. The van der Waals surface area contributed by atoms with Crippen LogP contribution >= 0.6 is 27.5 Å². The van der Waals surface area contributed by atoms with Crippen molar-refractivity contribution < 1.29 is 14.7 Å². The average molecular weight is 333 g/mol. The molecule has 4 nitrogen and oxygen atoms in total. The first kappa shape index (κ1) is 13.4. The summed E-state index contributed by atoms with van der Waals surface area (Å²) in [5.41, 5.74) is 0.811. The second-order valence-corrected chi connectivity index (χ2v) is 5.57.